The van der Waals surface area contributed by atoms with Gasteiger partial charge in [0.25, 0.3) is 5.91 Å². The maximum Gasteiger partial charge on any atom is 0.416 e. The van der Waals surface area contributed by atoms with Crippen molar-refractivity contribution >= 4 is 34.9 Å². The van der Waals surface area contributed by atoms with E-state index in [0.29, 0.717) is 23.4 Å². The van der Waals surface area contributed by atoms with Crippen molar-refractivity contribution in [3.63, 3.8) is 0 Å². The van der Waals surface area contributed by atoms with Crippen LogP contribution in [0.1, 0.15) is 64.7 Å². The number of carbonyl (C=O) groups is 3. The predicted octanol–water partition coefficient (Wildman–Crippen LogP) is 8.12. The van der Waals surface area contributed by atoms with E-state index in [-0.39, 0.29) is 31.1 Å². The quantitative estimate of drug-likeness (QED) is 0.207. The van der Waals surface area contributed by atoms with Crippen molar-refractivity contribution in [2.45, 2.75) is 51.0 Å². The van der Waals surface area contributed by atoms with Gasteiger partial charge in [-0.05, 0) is 84.8 Å². The fraction of sp³-hybridized carbons (Fsp3) is 0.281. The zero-order chi connectivity index (χ0) is 32.8. The Kier molecular flexibility index (Phi) is 10.2. The molecule has 0 spiro atoms. The van der Waals surface area contributed by atoms with Crippen LogP contribution in [-0.4, -0.2) is 29.6 Å². The summed E-state index contributed by atoms with van der Waals surface area (Å²) in [6.45, 7) is -0.234. The molecule has 1 aliphatic carbocycles. The number of nitrogens with zero attached hydrogens (tertiary/aromatic N) is 1. The van der Waals surface area contributed by atoms with Crippen LogP contribution in [0.25, 0.3) is 5.57 Å². The van der Waals surface area contributed by atoms with E-state index in [2.05, 4.69) is 16.7 Å². The number of nitrogens with one attached hydrogen (secondary N) is 2. The lowest BCUT2D eigenvalue weighted by molar-refractivity contribution is -0.143. The van der Waals surface area contributed by atoms with Crippen LogP contribution in [0.3, 0.4) is 0 Å². The Morgan fingerprint density at radius 1 is 0.822 bits per heavy atom. The molecule has 3 aromatic rings. The largest absolute Gasteiger partial charge is 0.481 e. The molecule has 0 aromatic heterocycles. The molecule has 0 radical (unpaired) electrons. The van der Waals surface area contributed by atoms with Gasteiger partial charge >= 0.3 is 24.4 Å². The molecule has 3 aromatic carbocycles. The van der Waals surface area contributed by atoms with Crippen LogP contribution in [0.2, 0.25) is 0 Å². The molecule has 0 fully saturated rings. The smallest absolute Gasteiger partial charge is 0.416 e. The third-order valence-corrected chi connectivity index (χ3v) is 7.11. The summed E-state index contributed by atoms with van der Waals surface area (Å²) in [7, 11) is 0. The average Bonchev–Trinajstić information content (AvgIpc) is 2.99. The fourth-order valence-corrected chi connectivity index (χ4v) is 4.78. The second-order valence-corrected chi connectivity index (χ2v) is 10.4. The highest BCUT2D eigenvalue weighted by molar-refractivity contribution is 6.02. The third-order valence-electron chi connectivity index (χ3n) is 7.11. The van der Waals surface area contributed by atoms with E-state index < -0.39 is 47.1 Å². The van der Waals surface area contributed by atoms with Crippen LogP contribution in [0.15, 0.2) is 72.8 Å². The van der Waals surface area contributed by atoms with Crippen LogP contribution in [0.5, 0.6) is 0 Å². The number of hydrogen-bond acceptors (Lipinski definition) is 3. The lowest BCUT2D eigenvalue weighted by Gasteiger charge is -2.25. The van der Waals surface area contributed by atoms with E-state index in [1.807, 2.05) is 0 Å². The van der Waals surface area contributed by atoms with Gasteiger partial charge in [0.15, 0.2) is 0 Å². The van der Waals surface area contributed by atoms with Crippen molar-refractivity contribution in [2.75, 3.05) is 16.8 Å². The van der Waals surface area contributed by atoms with Crippen molar-refractivity contribution < 1.29 is 45.8 Å². The van der Waals surface area contributed by atoms with Gasteiger partial charge in [0.1, 0.15) is 0 Å². The van der Waals surface area contributed by atoms with Gasteiger partial charge in [-0.1, -0.05) is 30.3 Å². The number of halogens is 6. The Hall–Kier alpha value is -4.81. The molecule has 3 amide bonds. The van der Waals surface area contributed by atoms with Gasteiger partial charge in [0.2, 0.25) is 0 Å². The molecule has 0 saturated heterocycles. The predicted molar refractivity (Wildman–Crippen MR) is 156 cm³/mol. The second kappa shape index (κ2) is 13.9. The SMILES string of the molecule is O=C(O)CCNC(=O)c1ccc(CN(C(=O)Nc2cc(C(F)(F)F)cc(C(F)(F)F)c2)c2ccc(C3=CCCCC3)cc2)cc1. The van der Waals surface area contributed by atoms with Crippen molar-refractivity contribution in [1.82, 2.24) is 5.32 Å². The lowest BCUT2D eigenvalue weighted by Crippen LogP contribution is -2.34. The summed E-state index contributed by atoms with van der Waals surface area (Å²) in [6.07, 6.45) is -4.37. The minimum absolute atomic E-state index is 0.0223. The summed E-state index contributed by atoms with van der Waals surface area (Å²) in [4.78, 5) is 37.7. The summed E-state index contributed by atoms with van der Waals surface area (Å²) in [5.41, 5.74) is -0.714. The number of carbonyl (C=O) groups excluding carboxylic acids is 2. The van der Waals surface area contributed by atoms with E-state index in [0.717, 1.165) is 41.7 Å². The summed E-state index contributed by atoms with van der Waals surface area (Å²) in [5.74, 6) is -1.60. The molecule has 238 valence electrons. The Balaban J connectivity index is 1.62. The molecule has 0 heterocycles. The monoisotopic (exact) mass is 633 g/mol. The molecule has 0 bridgehead atoms. The van der Waals surface area contributed by atoms with E-state index in [1.54, 1.807) is 24.3 Å². The Morgan fingerprint density at radius 3 is 1.98 bits per heavy atom. The Morgan fingerprint density at radius 2 is 1.44 bits per heavy atom. The number of benzene rings is 3. The van der Waals surface area contributed by atoms with E-state index >= 15 is 0 Å². The molecule has 4 rings (SSSR count). The standard InChI is InChI=1S/C32H29F6N3O4/c33-31(34,35)24-16-25(32(36,37)38)18-26(17-24)40-30(45)41(27-12-10-22(11-13-27)21-4-2-1-3-5-21)19-20-6-8-23(9-7-20)29(44)39-15-14-28(42)43/h4,6-13,16-18H,1-3,5,14-15,19H2,(H,39,44)(H,40,45)(H,42,43). The maximum absolute atomic E-state index is 13.5. The first-order valence-corrected chi connectivity index (χ1v) is 14.0. The molecular weight excluding hydrogens is 604 g/mol. The van der Waals surface area contributed by atoms with E-state index in [4.69, 9.17) is 5.11 Å². The van der Waals surface area contributed by atoms with Crippen molar-refractivity contribution in [2.24, 2.45) is 0 Å². The van der Waals surface area contributed by atoms with Crippen LogP contribution >= 0.6 is 0 Å². The van der Waals surface area contributed by atoms with Gasteiger partial charge in [-0.3, -0.25) is 14.5 Å². The van der Waals surface area contributed by atoms with Crippen LogP contribution in [0, 0.1) is 0 Å². The number of carboxylic acid groups (broad SMARTS) is 1. The van der Waals surface area contributed by atoms with Gasteiger partial charge in [-0.15, -0.1) is 0 Å². The molecule has 7 nitrogen and oxygen atoms in total. The highest BCUT2D eigenvalue weighted by Crippen LogP contribution is 2.38. The van der Waals surface area contributed by atoms with Crippen LogP contribution < -0.4 is 15.5 Å². The number of carboxylic acids is 1. The number of alkyl halides is 6. The number of anilines is 2. The second-order valence-electron chi connectivity index (χ2n) is 10.4. The number of urea groups is 1. The molecule has 13 heteroatoms. The number of amides is 3. The molecule has 0 saturated carbocycles. The molecule has 3 N–H and O–H groups in total. The Bertz CT molecular complexity index is 1530. The van der Waals surface area contributed by atoms with Gasteiger partial charge in [0, 0.05) is 23.5 Å². The van der Waals surface area contributed by atoms with Gasteiger partial charge < -0.3 is 15.7 Å². The zero-order valence-corrected chi connectivity index (χ0v) is 23.8. The van der Waals surface area contributed by atoms with Gasteiger partial charge in [-0.2, -0.15) is 26.3 Å². The van der Waals surface area contributed by atoms with Crippen molar-refractivity contribution in [3.8, 4) is 0 Å². The van der Waals surface area contributed by atoms with Crippen molar-refractivity contribution in [3.05, 3.63) is 101 Å². The first kappa shape index (κ1) is 33.1. The number of allylic oxidation sites excluding steroid dienone is 2. The molecule has 0 unspecified atom stereocenters. The fourth-order valence-electron chi connectivity index (χ4n) is 4.78. The van der Waals surface area contributed by atoms with Crippen LogP contribution in [-0.2, 0) is 23.7 Å². The molecule has 1 aliphatic rings. The van der Waals surface area contributed by atoms with E-state index in [1.165, 1.54) is 24.3 Å². The zero-order valence-electron chi connectivity index (χ0n) is 23.8. The summed E-state index contributed by atoms with van der Waals surface area (Å²) in [6, 6.07) is 12.7. The summed E-state index contributed by atoms with van der Waals surface area (Å²) >= 11 is 0. The van der Waals surface area contributed by atoms with Gasteiger partial charge in [-0.25, -0.2) is 4.79 Å². The van der Waals surface area contributed by atoms with Gasteiger partial charge in [0.05, 0.1) is 24.1 Å². The molecule has 0 atom stereocenters. The van der Waals surface area contributed by atoms with Crippen molar-refractivity contribution in [1.29, 1.82) is 0 Å². The number of rotatable bonds is 9. The maximum atomic E-state index is 13.5. The number of aliphatic carboxylic acids is 1. The minimum Gasteiger partial charge on any atom is -0.481 e. The topological polar surface area (TPSA) is 98.7 Å². The molecular formula is C32H29F6N3O4. The summed E-state index contributed by atoms with van der Waals surface area (Å²) in [5, 5.41) is 13.4. The molecule has 0 aliphatic heterocycles. The van der Waals surface area contributed by atoms with E-state index in [9.17, 15) is 40.7 Å². The minimum atomic E-state index is -5.09. The highest BCUT2D eigenvalue weighted by atomic mass is 19.4. The molecule has 45 heavy (non-hydrogen) atoms. The number of hydrogen-bond donors (Lipinski definition) is 3. The normalized spacial score (nSPS) is 13.5. The first-order chi connectivity index (χ1) is 21.2. The summed E-state index contributed by atoms with van der Waals surface area (Å²) < 4.78 is 80.5. The lowest BCUT2D eigenvalue weighted by atomic mass is 9.93. The third kappa shape index (κ3) is 9.10. The average molecular weight is 634 g/mol. The first-order valence-electron chi connectivity index (χ1n) is 14.0. The Labute approximate surface area is 254 Å². The van der Waals surface area contributed by atoms with Crippen LogP contribution in [0.4, 0.5) is 42.5 Å². The highest BCUT2D eigenvalue weighted by Gasteiger charge is 2.37.